The molecule has 0 bridgehead atoms. The number of nitrogens with zero attached hydrogens (tertiary/aromatic N) is 9. The highest BCUT2D eigenvalue weighted by Crippen LogP contribution is 2.47. The van der Waals surface area contributed by atoms with Crippen LogP contribution < -0.4 is 10.2 Å². The van der Waals surface area contributed by atoms with Crippen molar-refractivity contribution in [2.24, 2.45) is 10.2 Å². The Kier molecular flexibility index (Phi) is 11.3. The minimum Gasteiger partial charge on any atom is -0.338 e. The van der Waals surface area contributed by atoms with Gasteiger partial charge in [0.2, 0.25) is 5.13 Å². The van der Waals surface area contributed by atoms with Gasteiger partial charge in [-0.2, -0.15) is 15.0 Å². The molecule has 8 rings (SSSR count). The van der Waals surface area contributed by atoms with E-state index < -0.39 is 5.41 Å². The molecule has 0 atom stereocenters. The zero-order valence-corrected chi connectivity index (χ0v) is 39.1. The first-order valence-corrected chi connectivity index (χ1v) is 22.6. The average molecular weight is 857 g/mol. The van der Waals surface area contributed by atoms with E-state index in [1.54, 1.807) is 16.0 Å². The van der Waals surface area contributed by atoms with E-state index in [9.17, 15) is 5.26 Å². The van der Waals surface area contributed by atoms with Gasteiger partial charge < -0.3 is 5.32 Å². The number of para-hydroxylation sites is 2. The van der Waals surface area contributed by atoms with Gasteiger partial charge in [-0.15, -0.1) is 10.2 Å². The van der Waals surface area contributed by atoms with Crippen LogP contribution in [0.1, 0.15) is 111 Å². The van der Waals surface area contributed by atoms with Crippen molar-refractivity contribution < 1.29 is 0 Å². The largest absolute Gasteiger partial charge is 0.338 e. The molecule has 0 aliphatic heterocycles. The summed E-state index contributed by atoms with van der Waals surface area (Å²) in [6.45, 7) is 25.6. The van der Waals surface area contributed by atoms with E-state index in [0.29, 0.717) is 39.5 Å². The maximum Gasteiger partial charge on any atom is 0.213 e. The van der Waals surface area contributed by atoms with Crippen LogP contribution in [-0.2, 0) is 5.41 Å². The minimum absolute atomic E-state index is 0.226. The lowest BCUT2D eigenvalue weighted by atomic mass is 9.90. The zero-order valence-electron chi connectivity index (χ0n) is 37.5. The summed E-state index contributed by atoms with van der Waals surface area (Å²) in [6, 6.07) is 29.6. The van der Waals surface area contributed by atoms with Crippen molar-refractivity contribution in [3.8, 4) is 11.2 Å². The van der Waals surface area contributed by atoms with Crippen LogP contribution in [0.2, 0.25) is 0 Å². The van der Waals surface area contributed by atoms with Gasteiger partial charge >= 0.3 is 0 Å². The number of azo groups is 1. The molecule has 0 spiro atoms. The number of benzene rings is 4. The Balaban J connectivity index is 1.39. The second kappa shape index (κ2) is 16.5. The molecule has 314 valence electrons. The molecule has 0 aliphatic carbocycles. The van der Waals surface area contributed by atoms with Crippen LogP contribution in [0.5, 0.6) is 0 Å². The van der Waals surface area contributed by atoms with Gasteiger partial charge in [0.15, 0.2) is 16.8 Å². The van der Waals surface area contributed by atoms with Crippen molar-refractivity contribution in [2.75, 3.05) is 10.2 Å². The Bertz CT molecular complexity index is 3010. The fourth-order valence-corrected chi connectivity index (χ4v) is 9.94. The number of pyridine rings is 1. The predicted octanol–water partition coefficient (Wildman–Crippen LogP) is 15.1. The van der Waals surface area contributed by atoms with E-state index >= 15 is 0 Å². The highest BCUT2D eigenvalue weighted by atomic mass is 32.1. The van der Waals surface area contributed by atoms with Gasteiger partial charge in [-0.25, -0.2) is 15.0 Å². The van der Waals surface area contributed by atoms with E-state index in [1.807, 2.05) is 58.0 Å². The van der Waals surface area contributed by atoms with Gasteiger partial charge in [0, 0.05) is 11.1 Å². The van der Waals surface area contributed by atoms with E-state index in [-0.39, 0.29) is 11.8 Å². The molecular formula is C50H52N10S2. The summed E-state index contributed by atoms with van der Waals surface area (Å²) >= 11 is 3.14. The number of aryl methyl sites for hydroxylation is 5. The number of nitrogens with one attached hydrogen (secondary N) is 1. The first kappa shape index (κ1) is 42.4. The van der Waals surface area contributed by atoms with Crippen LogP contribution >= 0.6 is 22.7 Å². The van der Waals surface area contributed by atoms with E-state index in [1.165, 1.54) is 33.6 Å². The lowest BCUT2D eigenvalue weighted by Gasteiger charge is -2.29. The summed E-state index contributed by atoms with van der Waals surface area (Å²) in [4.78, 5) is 17.9. The molecule has 0 amide bonds. The van der Waals surface area contributed by atoms with Crippen LogP contribution in [0.4, 0.5) is 39.6 Å². The monoisotopic (exact) mass is 856 g/mol. The number of hydrogen-bond acceptors (Lipinski definition) is 11. The highest BCUT2D eigenvalue weighted by molar-refractivity contribution is 7.22. The van der Waals surface area contributed by atoms with Crippen LogP contribution in [0.3, 0.4) is 0 Å². The van der Waals surface area contributed by atoms with E-state index in [4.69, 9.17) is 30.3 Å². The predicted molar refractivity (Wildman–Crippen MR) is 258 cm³/mol. The summed E-state index contributed by atoms with van der Waals surface area (Å²) in [7, 11) is 0. The topological polar surface area (TPSA) is 120 Å². The van der Waals surface area contributed by atoms with Crippen LogP contribution in [0.25, 0.3) is 25.6 Å². The van der Waals surface area contributed by atoms with E-state index in [2.05, 4.69) is 120 Å². The fourth-order valence-electron chi connectivity index (χ4n) is 8.03. The van der Waals surface area contributed by atoms with Gasteiger partial charge in [-0.3, -0.25) is 4.90 Å². The molecule has 4 aromatic heterocycles. The minimum atomic E-state index is -0.452. The summed E-state index contributed by atoms with van der Waals surface area (Å²) in [5, 5.41) is 30.9. The van der Waals surface area contributed by atoms with Crippen LogP contribution in [0, 0.1) is 45.9 Å². The van der Waals surface area contributed by atoms with Gasteiger partial charge in [0.05, 0.1) is 31.8 Å². The Morgan fingerprint density at radius 3 is 1.95 bits per heavy atom. The molecule has 0 aliphatic rings. The third-order valence-corrected chi connectivity index (χ3v) is 13.0. The third-order valence-electron chi connectivity index (χ3n) is 11.0. The Morgan fingerprint density at radius 1 is 0.726 bits per heavy atom. The molecule has 12 heteroatoms. The number of hydrogen-bond donors (Lipinski definition) is 1. The molecule has 0 fully saturated rings. The number of fused-ring (bicyclic) bond motifs is 2. The maximum absolute atomic E-state index is 10.7. The molecule has 8 aromatic rings. The van der Waals surface area contributed by atoms with E-state index in [0.717, 1.165) is 53.6 Å². The van der Waals surface area contributed by atoms with Crippen molar-refractivity contribution in [3.63, 3.8) is 0 Å². The lowest BCUT2D eigenvalue weighted by molar-refractivity contribution is 0.559. The first-order chi connectivity index (χ1) is 29.5. The molecule has 0 radical (unpaired) electrons. The van der Waals surface area contributed by atoms with Gasteiger partial charge in [0.25, 0.3) is 0 Å². The maximum atomic E-state index is 10.7. The highest BCUT2D eigenvalue weighted by Gasteiger charge is 2.30. The summed E-state index contributed by atoms with van der Waals surface area (Å²) in [5.41, 5.74) is 12.7. The van der Waals surface area contributed by atoms with Crippen molar-refractivity contribution in [1.29, 1.82) is 5.26 Å². The third kappa shape index (κ3) is 7.98. The first-order valence-electron chi connectivity index (χ1n) is 21.0. The molecular weight excluding hydrogens is 805 g/mol. The van der Waals surface area contributed by atoms with Crippen molar-refractivity contribution in [1.82, 2.24) is 24.7 Å². The molecule has 0 unspecified atom stereocenters. The molecule has 62 heavy (non-hydrogen) atoms. The number of rotatable bonds is 10. The summed E-state index contributed by atoms with van der Waals surface area (Å²) < 4.78 is 3.77. The Morgan fingerprint density at radius 2 is 1.34 bits per heavy atom. The normalized spacial score (nSPS) is 12.1. The summed E-state index contributed by atoms with van der Waals surface area (Å²) in [5.74, 6) is 1.99. The molecule has 0 saturated carbocycles. The molecule has 10 nitrogen and oxygen atoms in total. The molecule has 0 saturated heterocycles. The van der Waals surface area contributed by atoms with Gasteiger partial charge in [-0.05, 0) is 105 Å². The molecule has 1 N–H and O–H groups in total. The lowest BCUT2D eigenvalue weighted by Crippen LogP contribution is -2.17. The fraction of sp³-hybridized carbons (Fsp3) is 0.300. The second-order valence-corrected chi connectivity index (χ2v) is 19.8. The van der Waals surface area contributed by atoms with Crippen molar-refractivity contribution in [3.05, 3.63) is 129 Å². The van der Waals surface area contributed by atoms with Gasteiger partial charge in [0.1, 0.15) is 23.1 Å². The zero-order chi connectivity index (χ0) is 44.2. The van der Waals surface area contributed by atoms with Gasteiger partial charge in [-0.1, -0.05) is 131 Å². The Hall–Kier alpha value is -6.29. The number of thiazole rings is 2. The van der Waals surface area contributed by atoms with Crippen LogP contribution in [-0.4, -0.2) is 24.7 Å². The number of anilines is 5. The molecule has 4 aromatic carbocycles. The Labute approximate surface area is 372 Å². The van der Waals surface area contributed by atoms with Crippen LogP contribution in [0.15, 0.2) is 89.1 Å². The quantitative estimate of drug-likeness (QED) is 0.136. The molecule has 4 heterocycles. The van der Waals surface area contributed by atoms with Crippen molar-refractivity contribution >= 4 is 82.8 Å². The number of aromatic nitrogens is 5. The second-order valence-electron chi connectivity index (χ2n) is 17.8. The summed E-state index contributed by atoms with van der Waals surface area (Å²) in [6.07, 6.45) is 0. The average Bonchev–Trinajstić information content (AvgIpc) is 3.94. The standard InChI is InChI=1S/C50H52N10S2/c1-27(2)34-23-29(5)21-31(7)42(34)55-46-43(56-57-47-36(26-51)45(50(10,11)12)58-60(47)49-53-38-18-14-16-20-40(38)62-49)32(8)25-41(54-46)59(48-52-37-17-13-15-19-39(37)61-48)44-33(9)22-30(6)24-35(44)28(3)4/h13-25,27-28H,1-12H3,(H,54,55). The smallest absolute Gasteiger partial charge is 0.213 e. The number of nitriles is 1. The SMILES string of the molecule is Cc1cc(C)c(Nc2nc(N(c3nc4ccccc4s3)c3c(C)cc(C)cc3C(C)C)cc(C)c2N=Nc2c(C#N)c(C(C)(C)C)nn2-c2nc3ccccc3s2)c(C(C)C)c1. The van der Waals surface area contributed by atoms with Crippen molar-refractivity contribution in [2.45, 2.75) is 100 Å².